The van der Waals surface area contributed by atoms with Crippen LogP contribution in [0.2, 0.25) is 0 Å². The summed E-state index contributed by atoms with van der Waals surface area (Å²) >= 11 is 1.59. The highest BCUT2D eigenvalue weighted by atomic mass is 32.1. The van der Waals surface area contributed by atoms with E-state index in [0.29, 0.717) is 11.6 Å². The molecule has 2 saturated heterocycles. The van der Waals surface area contributed by atoms with Gasteiger partial charge in [0.1, 0.15) is 0 Å². The lowest BCUT2D eigenvalue weighted by atomic mass is 10.1. The van der Waals surface area contributed by atoms with Crippen LogP contribution in [0.15, 0.2) is 23.7 Å². The quantitative estimate of drug-likeness (QED) is 0.919. The number of ether oxygens (including phenoxy) is 1. The zero-order valence-corrected chi connectivity index (χ0v) is 13.3. The Morgan fingerprint density at radius 2 is 2.36 bits per heavy atom. The SMILES string of the molecule is C[C@H]1CN2C[C@@H](NC(=O)c3ccc4scnc4c3)C[C@H]2CO1. The van der Waals surface area contributed by atoms with Gasteiger partial charge in [-0.2, -0.15) is 0 Å². The highest BCUT2D eigenvalue weighted by molar-refractivity contribution is 7.16. The van der Waals surface area contributed by atoms with Gasteiger partial charge in [0.15, 0.2) is 0 Å². The fourth-order valence-corrected chi connectivity index (χ4v) is 4.07. The van der Waals surface area contributed by atoms with Crippen molar-refractivity contribution >= 4 is 27.5 Å². The van der Waals surface area contributed by atoms with Gasteiger partial charge in [-0.25, -0.2) is 4.98 Å². The molecule has 4 rings (SSSR count). The summed E-state index contributed by atoms with van der Waals surface area (Å²) in [6.45, 7) is 4.76. The molecule has 116 valence electrons. The van der Waals surface area contributed by atoms with Gasteiger partial charge in [0, 0.05) is 30.7 Å². The Kier molecular flexibility index (Phi) is 3.60. The summed E-state index contributed by atoms with van der Waals surface area (Å²) in [6.07, 6.45) is 1.26. The van der Waals surface area contributed by atoms with Crippen LogP contribution in [-0.2, 0) is 4.74 Å². The molecule has 0 spiro atoms. The standard InChI is InChI=1S/C16H19N3O2S/c1-10-6-19-7-12(5-13(19)8-21-10)18-16(20)11-2-3-15-14(4-11)17-9-22-15/h2-4,9-10,12-13H,5-8H2,1H3,(H,18,20)/t10-,12-,13-/m0/s1. The van der Waals surface area contributed by atoms with E-state index in [1.807, 2.05) is 23.7 Å². The maximum Gasteiger partial charge on any atom is 0.251 e. The van der Waals surface area contributed by atoms with Crippen molar-refractivity contribution < 1.29 is 9.53 Å². The topological polar surface area (TPSA) is 54.5 Å². The minimum atomic E-state index is -0.00582. The number of rotatable bonds is 2. The van der Waals surface area contributed by atoms with E-state index >= 15 is 0 Å². The van der Waals surface area contributed by atoms with Crippen LogP contribution in [0.5, 0.6) is 0 Å². The number of hydrogen-bond acceptors (Lipinski definition) is 5. The van der Waals surface area contributed by atoms with Gasteiger partial charge >= 0.3 is 0 Å². The molecule has 2 aliphatic rings. The van der Waals surface area contributed by atoms with Crippen molar-refractivity contribution in [2.75, 3.05) is 19.7 Å². The Bertz CT molecular complexity index is 702. The predicted molar refractivity (Wildman–Crippen MR) is 86.3 cm³/mol. The van der Waals surface area contributed by atoms with Gasteiger partial charge in [0.25, 0.3) is 5.91 Å². The summed E-state index contributed by atoms with van der Waals surface area (Å²) in [5, 5.41) is 3.16. The van der Waals surface area contributed by atoms with Crippen molar-refractivity contribution in [1.29, 1.82) is 0 Å². The number of amides is 1. The molecule has 2 aromatic rings. The number of nitrogens with zero attached hydrogens (tertiary/aromatic N) is 2. The van der Waals surface area contributed by atoms with Crippen LogP contribution in [0.1, 0.15) is 23.7 Å². The van der Waals surface area contributed by atoms with Crippen molar-refractivity contribution in [1.82, 2.24) is 15.2 Å². The minimum absolute atomic E-state index is 0.00582. The lowest BCUT2D eigenvalue weighted by Crippen LogP contribution is -2.45. The molecular formula is C16H19N3O2S. The number of benzene rings is 1. The van der Waals surface area contributed by atoms with E-state index in [-0.39, 0.29) is 18.1 Å². The fourth-order valence-electron chi connectivity index (χ4n) is 3.41. The number of hydrogen-bond donors (Lipinski definition) is 1. The summed E-state index contributed by atoms with van der Waals surface area (Å²) in [6, 6.07) is 6.37. The normalized spacial score (nSPS) is 28.7. The van der Waals surface area contributed by atoms with Gasteiger partial charge < -0.3 is 10.1 Å². The first-order chi connectivity index (χ1) is 10.7. The molecule has 1 aromatic carbocycles. The predicted octanol–water partition coefficient (Wildman–Crippen LogP) is 1.89. The summed E-state index contributed by atoms with van der Waals surface area (Å²) in [7, 11) is 0. The van der Waals surface area contributed by atoms with Gasteiger partial charge in [-0.3, -0.25) is 9.69 Å². The van der Waals surface area contributed by atoms with Gasteiger partial charge in [0.05, 0.1) is 28.4 Å². The number of nitrogens with one attached hydrogen (secondary N) is 1. The summed E-state index contributed by atoms with van der Waals surface area (Å²) in [5.41, 5.74) is 3.39. The third-order valence-corrected chi connectivity index (χ3v) is 5.33. The van der Waals surface area contributed by atoms with Crippen LogP contribution in [-0.4, -0.2) is 53.7 Å². The second kappa shape index (κ2) is 5.61. The number of morpholine rings is 1. The van der Waals surface area contributed by atoms with Gasteiger partial charge in [-0.05, 0) is 31.5 Å². The number of fused-ring (bicyclic) bond motifs is 2. The third kappa shape index (κ3) is 2.62. The Morgan fingerprint density at radius 1 is 1.45 bits per heavy atom. The van der Waals surface area contributed by atoms with E-state index in [9.17, 15) is 4.79 Å². The Labute approximate surface area is 133 Å². The number of carbonyl (C=O) groups is 1. The number of thiazole rings is 1. The van der Waals surface area contributed by atoms with Crippen molar-refractivity contribution in [2.24, 2.45) is 0 Å². The summed E-state index contributed by atoms with van der Waals surface area (Å²) < 4.78 is 6.82. The van der Waals surface area contributed by atoms with E-state index in [2.05, 4.69) is 22.1 Å². The summed E-state index contributed by atoms with van der Waals surface area (Å²) in [4.78, 5) is 19.2. The maximum atomic E-state index is 12.5. The minimum Gasteiger partial charge on any atom is -0.376 e. The van der Waals surface area contributed by atoms with Crippen molar-refractivity contribution in [3.05, 3.63) is 29.3 Å². The van der Waals surface area contributed by atoms with Gasteiger partial charge in [-0.1, -0.05) is 0 Å². The molecule has 5 nitrogen and oxygen atoms in total. The second-order valence-corrected chi connectivity index (χ2v) is 7.08. The molecule has 2 fully saturated rings. The number of aromatic nitrogens is 1. The van der Waals surface area contributed by atoms with E-state index in [1.54, 1.807) is 11.3 Å². The molecule has 2 aliphatic heterocycles. The monoisotopic (exact) mass is 317 g/mol. The highest BCUT2D eigenvalue weighted by Crippen LogP contribution is 2.24. The first-order valence-electron chi connectivity index (χ1n) is 7.69. The molecule has 0 aliphatic carbocycles. The van der Waals surface area contributed by atoms with Gasteiger partial charge in [0.2, 0.25) is 0 Å². The smallest absolute Gasteiger partial charge is 0.251 e. The van der Waals surface area contributed by atoms with Crippen LogP contribution in [0.3, 0.4) is 0 Å². The molecule has 1 amide bonds. The first-order valence-corrected chi connectivity index (χ1v) is 8.57. The molecule has 0 unspecified atom stereocenters. The zero-order chi connectivity index (χ0) is 15.1. The Balaban J connectivity index is 1.43. The zero-order valence-electron chi connectivity index (χ0n) is 12.5. The molecule has 6 heteroatoms. The second-order valence-electron chi connectivity index (χ2n) is 6.19. The Hall–Kier alpha value is -1.50. The highest BCUT2D eigenvalue weighted by Gasteiger charge is 2.36. The van der Waals surface area contributed by atoms with Crippen molar-refractivity contribution in [3.63, 3.8) is 0 Å². The molecule has 22 heavy (non-hydrogen) atoms. The average Bonchev–Trinajstić information content (AvgIpc) is 3.11. The van der Waals surface area contributed by atoms with Crippen molar-refractivity contribution in [3.8, 4) is 0 Å². The van der Waals surface area contributed by atoms with Crippen LogP contribution < -0.4 is 5.32 Å². The average molecular weight is 317 g/mol. The lowest BCUT2D eigenvalue weighted by molar-refractivity contribution is -0.0390. The first kappa shape index (κ1) is 14.1. The fraction of sp³-hybridized carbons (Fsp3) is 0.500. The Morgan fingerprint density at radius 3 is 3.27 bits per heavy atom. The molecule has 1 aromatic heterocycles. The van der Waals surface area contributed by atoms with E-state index in [4.69, 9.17) is 4.74 Å². The largest absolute Gasteiger partial charge is 0.376 e. The number of carbonyl (C=O) groups excluding carboxylic acids is 1. The molecular weight excluding hydrogens is 298 g/mol. The van der Waals surface area contributed by atoms with E-state index < -0.39 is 0 Å². The third-order valence-electron chi connectivity index (χ3n) is 4.52. The van der Waals surface area contributed by atoms with Crippen LogP contribution in [0.25, 0.3) is 10.2 Å². The molecule has 3 heterocycles. The molecule has 0 radical (unpaired) electrons. The molecule has 1 N–H and O–H groups in total. The van der Waals surface area contributed by atoms with E-state index in [0.717, 1.165) is 36.3 Å². The molecule has 0 bridgehead atoms. The van der Waals surface area contributed by atoms with Crippen molar-refractivity contribution in [2.45, 2.75) is 31.5 Å². The molecule has 3 atom stereocenters. The summed E-state index contributed by atoms with van der Waals surface area (Å²) in [5.74, 6) is -0.00582. The van der Waals surface area contributed by atoms with Crippen LogP contribution in [0.4, 0.5) is 0 Å². The molecule has 0 saturated carbocycles. The maximum absolute atomic E-state index is 12.5. The van der Waals surface area contributed by atoms with E-state index in [1.165, 1.54) is 0 Å². The van der Waals surface area contributed by atoms with Crippen LogP contribution >= 0.6 is 11.3 Å². The lowest BCUT2D eigenvalue weighted by Gasteiger charge is -2.33. The van der Waals surface area contributed by atoms with Crippen LogP contribution in [0, 0.1) is 0 Å². The van der Waals surface area contributed by atoms with Gasteiger partial charge in [-0.15, -0.1) is 11.3 Å².